The molecule has 1 aromatic carbocycles. The normalized spacial score (nSPS) is 15.9. The summed E-state index contributed by atoms with van der Waals surface area (Å²) >= 11 is 0.112. The highest BCUT2D eigenvalue weighted by Gasteiger charge is 2.95. The fourth-order valence-electron chi connectivity index (χ4n) is 2.44. The molecule has 0 aliphatic rings. The molecule has 0 radical (unpaired) electrons. The van der Waals surface area contributed by atoms with E-state index in [0.29, 0.717) is 0 Å². The third-order valence-electron chi connectivity index (χ3n) is 4.63. The Morgan fingerprint density at radius 1 is 0.556 bits per heavy atom. The van der Waals surface area contributed by atoms with Crippen LogP contribution in [-0.2, 0) is 0 Å². The lowest BCUT2D eigenvalue weighted by Gasteiger charge is -2.42. The lowest BCUT2D eigenvalue weighted by Crippen LogP contribution is -2.74. The lowest BCUT2D eigenvalue weighted by atomic mass is 9.89. The summed E-state index contributed by atoms with van der Waals surface area (Å²) in [6.45, 7) is 2.25. The fourth-order valence-corrected chi connectivity index (χ4v) is 3.02. The minimum atomic E-state index is -8.66. The predicted octanol–water partition coefficient (Wildman–Crippen LogP) is 8.78. The molecule has 0 atom stereocenters. The van der Waals surface area contributed by atoms with Crippen molar-refractivity contribution in [1.29, 1.82) is 0 Å². The lowest BCUT2D eigenvalue weighted by molar-refractivity contribution is -0.458. The maximum atomic E-state index is 14.2. The van der Waals surface area contributed by atoms with Crippen molar-refractivity contribution in [2.45, 2.75) is 61.5 Å². The first-order chi connectivity index (χ1) is 15.6. The van der Waals surface area contributed by atoms with E-state index in [4.69, 9.17) is 0 Å². The zero-order valence-electron chi connectivity index (χ0n) is 17.0. The van der Waals surface area contributed by atoms with Crippen LogP contribution in [0.3, 0.4) is 0 Å². The summed E-state index contributed by atoms with van der Waals surface area (Å²) in [4.78, 5) is 2.86. The highest BCUT2D eigenvalue weighted by molar-refractivity contribution is 14.1. The number of rotatable bonds is 8. The molecule has 0 aromatic heterocycles. The second-order valence-corrected chi connectivity index (χ2v) is 8.18. The van der Waals surface area contributed by atoms with Crippen molar-refractivity contribution in [2.75, 3.05) is 0 Å². The van der Waals surface area contributed by atoms with Crippen LogP contribution in [0.5, 0.6) is 0 Å². The first kappa shape index (κ1) is 32.5. The van der Waals surface area contributed by atoms with Gasteiger partial charge in [0.1, 0.15) is 0 Å². The maximum Gasteiger partial charge on any atom is 0.460 e. The Bertz CT molecular complexity index is 989. The van der Waals surface area contributed by atoms with E-state index < -0.39 is 57.0 Å². The number of para-hydroxylation sites is 1. The quantitative estimate of drug-likeness (QED) is 0.148. The van der Waals surface area contributed by atoms with Crippen LogP contribution in [0.2, 0.25) is 0 Å². The van der Waals surface area contributed by atoms with Crippen LogP contribution in [-0.4, -0.2) is 51.4 Å². The van der Waals surface area contributed by atoms with Crippen LogP contribution in [0.4, 0.5) is 80.3 Å². The predicted molar refractivity (Wildman–Crippen MR) is 97.7 cm³/mol. The fraction of sp³-hybridized carbons (Fsp3) is 0.588. The Labute approximate surface area is 202 Å². The molecule has 208 valence electrons. The van der Waals surface area contributed by atoms with Gasteiger partial charge in [0.2, 0.25) is 0 Å². The second kappa shape index (κ2) is 9.02. The van der Waals surface area contributed by atoms with E-state index in [1.54, 1.807) is 0 Å². The van der Waals surface area contributed by atoms with Crippen molar-refractivity contribution in [2.24, 2.45) is 4.99 Å². The molecule has 36 heavy (non-hydrogen) atoms. The number of nitrogens with zero attached hydrogens (tertiary/aromatic N) is 1. The van der Waals surface area contributed by atoms with Crippen molar-refractivity contribution >= 4 is 32.0 Å². The molecular weight excluding hydrogens is 668 g/mol. The van der Waals surface area contributed by atoms with Crippen LogP contribution < -0.4 is 0 Å². The molecule has 0 saturated carbocycles. The number of hydrogen-bond acceptors (Lipinski definition) is 1. The third kappa shape index (κ3) is 4.39. The van der Waals surface area contributed by atoms with Crippen LogP contribution in [0.15, 0.2) is 23.2 Å². The summed E-state index contributed by atoms with van der Waals surface area (Å²) in [6.07, 6.45) is -7.79. The summed E-state index contributed by atoms with van der Waals surface area (Å²) in [5.74, 6) is -56.8. The van der Waals surface area contributed by atoms with Crippen LogP contribution in [0.25, 0.3) is 0 Å². The Hall–Kier alpha value is -1.57. The van der Waals surface area contributed by atoms with Gasteiger partial charge in [0.15, 0.2) is 3.72 Å². The van der Waals surface area contributed by atoms with E-state index in [9.17, 15) is 74.6 Å². The summed E-state index contributed by atoms with van der Waals surface area (Å²) in [5.41, 5.74) is -0.781. The minimum Gasteiger partial charge on any atom is -0.240 e. The van der Waals surface area contributed by atoms with Crippen molar-refractivity contribution < 1.29 is 74.6 Å². The highest BCUT2D eigenvalue weighted by Crippen LogP contribution is 2.64. The molecule has 0 saturated heterocycles. The molecule has 1 nitrogen and oxygen atoms in total. The number of aliphatic imine (C=N–C) groups is 1. The van der Waals surface area contributed by atoms with E-state index >= 15 is 0 Å². The molecule has 0 aliphatic carbocycles. The standard InChI is InChI=1S/C17H9F17IN/c1-6-4-3-5-7(2)8(6)36-9(35)10(18,19)11(20,21)12(22,23)13(24,25)14(26,27)15(28,29)16(30,31)17(32,33)34/h3-5H,1-2H3. The summed E-state index contributed by atoms with van der Waals surface area (Å²) in [7, 11) is 0. The van der Waals surface area contributed by atoms with Gasteiger partial charge in [0, 0.05) is 0 Å². The van der Waals surface area contributed by atoms with Gasteiger partial charge in [0.25, 0.3) is 0 Å². The van der Waals surface area contributed by atoms with E-state index in [2.05, 4.69) is 4.99 Å². The molecule has 1 aromatic rings. The molecule has 0 unspecified atom stereocenters. The molecule has 0 spiro atoms. The molecule has 0 amide bonds. The van der Waals surface area contributed by atoms with Gasteiger partial charge in [-0.2, -0.15) is 74.6 Å². The molecule has 0 heterocycles. The topological polar surface area (TPSA) is 12.4 Å². The number of benzene rings is 1. The number of halogens is 18. The first-order valence-electron chi connectivity index (χ1n) is 8.59. The average molecular weight is 677 g/mol. The maximum absolute atomic E-state index is 14.2. The zero-order chi connectivity index (χ0) is 29.1. The molecule has 0 aliphatic heterocycles. The molecule has 0 bridgehead atoms. The molecular formula is C17H9F17IN. The van der Waals surface area contributed by atoms with Crippen LogP contribution in [0, 0.1) is 13.8 Å². The smallest absolute Gasteiger partial charge is 0.240 e. The monoisotopic (exact) mass is 677 g/mol. The second-order valence-electron chi connectivity index (χ2n) is 7.16. The summed E-state index contributed by atoms with van der Waals surface area (Å²) in [5, 5.41) is 0. The SMILES string of the molecule is Cc1cccc(C)c1N=C(I)C(F)(F)C(F)(F)C(F)(F)C(F)(F)C(F)(F)C(F)(F)C(F)(F)C(F)(F)F. The first-order valence-corrected chi connectivity index (χ1v) is 9.67. The number of aryl methyl sites for hydroxylation is 2. The molecule has 0 fully saturated rings. The third-order valence-corrected chi connectivity index (χ3v) is 5.55. The van der Waals surface area contributed by atoms with Gasteiger partial charge < -0.3 is 0 Å². The Morgan fingerprint density at radius 3 is 1.19 bits per heavy atom. The van der Waals surface area contributed by atoms with Gasteiger partial charge >= 0.3 is 47.6 Å². The highest BCUT2D eigenvalue weighted by atomic mass is 127. The average Bonchev–Trinajstić information content (AvgIpc) is 2.68. The summed E-state index contributed by atoms with van der Waals surface area (Å²) in [6, 6.07) is 3.52. The van der Waals surface area contributed by atoms with E-state index in [-0.39, 0.29) is 33.7 Å². The van der Waals surface area contributed by atoms with Gasteiger partial charge in [-0.25, -0.2) is 4.99 Å². The van der Waals surface area contributed by atoms with E-state index in [1.165, 1.54) is 6.07 Å². The van der Waals surface area contributed by atoms with Gasteiger partial charge in [0.05, 0.1) is 5.69 Å². The number of hydrogen-bond donors (Lipinski definition) is 0. The Balaban J connectivity index is 3.75. The van der Waals surface area contributed by atoms with Crippen LogP contribution >= 0.6 is 22.6 Å². The Kier molecular flexibility index (Phi) is 8.13. The Morgan fingerprint density at radius 2 is 0.861 bits per heavy atom. The van der Waals surface area contributed by atoms with Crippen molar-refractivity contribution in [3.05, 3.63) is 29.3 Å². The largest absolute Gasteiger partial charge is 0.460 e. The molecule has 19 heteroatoms. The zero-order valence-corrected chi connectivity index (χ0v) is 19.1. The van der Waals surface area contributed by atoms with Crippen molar-refractivity contribution in [1.82, 2.24) is 0 Å². The van der Waals surface area contributed by atoms with Crippen molar-refractivity contribution in [3.63, 3.8) is 0 Å². The molecule has 0 N–H and O–H groups in total. The number of alkyl halides is 17. The van der Waals surface area contributed by atoms with Gasteiger partial charge in [-0.05, 0) is 47.6 Å². The van der Waals surface area contributed by atoms with Gasteiger partial charge in [-0.15, -0.1) is 0 Å². The molecule has 1 rings (SSSR count). The minimum absolute atomic E-state index is 0.0825. The van der Waals surface area contributed by atoms with E-state index in [0.717, 1.165) is 26.0 Å². The van der Waals surface area contributed by atoms with E-state index in [1.807, 2.05) is 0 Å². The van der Waals surface area contributed by atoms with Gasteiger partial charge in [-0.1, -0.05) is 18.2 Å². The van der Waals surface area contributed by atoms with Crippen molar-refractivity contribution in [3.8, 4) is 0 Å². The van der Waals surface area contributed by atoms with Gasteiger partial charge in [-0.3, -0.25) is 0 Å². The van der Waals surface area contributed by atoms with Crippen LogP contribution in [0.1, 0.15) is 11.1 Å². The summed E-state index contributed by atoms with van der Waals surface area (Å²) < 4.78 is 224.